The molecule has 0 saturated carbocycles. The standard InChI is InChI=1S/C9H6ClFO/c10-9(12)5-4-7-2-1-3-8(11)6-7/h1-6H/b5-4+. The van der Waals surface area contributed by atoms with Gasteiger partial charge < -0.3 is 0 Å². The fraction of sp³-hybridized carbons (Fsp3) is 0. The Morgan fingerprint density at radius 3 is 2.83 bits per heavy atom. The van der Waals surface area contributed by atoms with Crippen molar-refractivity contribution < 1.29 is 9.18 Å². The summed E-state index contributed by atoms with van der Waals surface area (Å²) in [6.45, 7) is 0. The van der Waals surface area contributed by atoms with E-state index in [1.165, 1.54) is 24.3 Å². The summed E-state index contributed by atoms with van der Waals surface area (Å²) in [4.78, 5) is 10.3. The fourth-order valence-electron chi connectivity index (χ4n) is 0.772. The molecule has 0 aliphatic rings. The minimum atomic E-state index is -0.570. The molecule has 0 bridgehead atoms. The number of carbonyl (C=O) groups excluding carboxylic acids is 1. The van der Waals surface area contributed by atoms with Gasteiger partial charge in [-0.15, -0.1) is 0 Å². The van der Waals surface area contributed by atoms with Crippen LogP contribution in [0.25, 0.3) is 6.08 Å². The Morgan fingerprint density at radius 2 is 2.25 bits per heavy atom. The average molecular weight is 185 g/mol. The second kappa shape index (κ2) is 4.02. The lowest BCUT2D eigenvalue weighted by molar-refractivity contribution is -0.107. The normalized spacial score (nSPS) is 10.5. The molecule has 1 nitrogen and oxygen atoms in total. The lowest BCUT2D eigenvalue weighted by atomic mass is 10.2. The van der Waals surface area contributed by atoms with Crippen molar-refractivity contribution in [3.8, 4) is 0 Å². The number of hydrogen-bond donors (Lipinski definition) is 0. The maximum atomic E-state index is 12.5. The zero-order valence-corrected chi connectivity index (χ0v) is 6.88. The van der Waals surface area contributed by atoms with Crippen molar-refractivity contribution in [3.05, 3.63) is 41.7 Å². The minimum absolute atomic E-state index is 0.334. The molecule has 0 amide bonds. The van der Waals surface area contributed by atoms with Gasteiger partial charge in [0.15, 0.2) is 0 Å². The van der Waals surface area contributed by atoms with Crippen LogP contribution >= 0.6 is 11.6 Å². The first-order chi connectivity index (χ1) is 5.68. The summed E-state index contributed by atoms with van der Waals surface area (Å²) in [5.41, 5.74) is 0.615. The van der Waals surface area contributed by atoms with Crippen LogP contribution in [0.15, 0.2) is 30.3 Å². The van der Waals surface area contributed by atoms with E-state index in [0.29, 0.717) is 5.56 Å². The lowest BCUT2D eigenvalue weighted by Crippen LogP contribution is -1.78. The number of hydrogen-bond acceptors (Lipinski definition) is 1. The molecule has 0 aliphatic heterocycles. The van der Waals surface area contributed by atoms with Crippen molar-refractivity contribution in [3.63, 3.8) is 0 Å². The monoisotopic (exact) mass is 184 g/mol. The molecule has 0 heterocycles. The molecule has 0 aliphatic carbocycles. The number of carbonyl (C=O) groups is 1. The number of halogens is 2. The van der Waals surface area contributed by atoms with Crippen molar-refractivity contribution in [1.29, 1.82) is 0 Å². The highest BCUT2D eigenvalue weighted by molar-refractivity contribution is 6.66. The molecule has 0 radical (unpaired) electrons. The Hall–Kier alpha value is -1.15. The van der Waals surface area contributed by atoms with Crippen molar-refractivity contribution in [2.45, 2.75) is 0 Å². The zero-order chi connectivity index (χ0) is 8.97. The molecular weight excluding hydrogens is 179 g/mol. The van der Waals surface area contributed by atoms with Crippen LogP contribution in [0.3, 0.4) is 0 Å². The van der Waals surface area contributed by atoms with Crippen molar-refractivity contribution >= 4 is 22.9 Å². The molecule has 0 N–H and O–H groups in total. The van der Waals surface area contributed by atoms with Crippen LogP contribution in [-0.2, 0) is 4.79 Å². The van der Waals surface area contributed by atoms with E-state index in [9.17, 15) is 9.18 Å². The van der Waals surface area contributed by atoms with Crippen molar-refractivity contribution in [1.82, 2.24) is 0 Å². The minimum Gasteiger partial charge on any atom is -0.276 e. The fourth-order valence-corrected chi connectivity index (χ4v) is 0.835. The second-order valence-electron chi connectivity index (χ2n) is 2.19. The predicted octanol–water partition coefficient (Wildman–Crippen LogP) is 2.60. The quantitative estimate of drug-likeness (QED) is 0.510. The molecule has 0 fully saturated rings. The molecule has 0 atom stereocenters. The highest BCUT2D eigenvalue weighted by Gasteiger charge is 1.91. The maximum absolute atomic E-state index is 12.5. The first kappa shape index (κ1) is 8.94. The molecule has 1 aromatic rings. The van der Waals surface area contributed by atoms with Crippen LogP contribution in [0.1, 0.15) is 5.56 Å². The average Bonchev–Trinajstić information content (AvgIpc) is 2.01. The Labute approximate surface area is 74.5 Å². The van der Waals surface area contributed by atoms with Gasteiger partial charge >= 0.3 is 0 Å². The van der Waals surface area contributed by atoms with E-state index >= 15 is 0 Å². The van der Waals surface area contributed by atoms with Gasteiger partial charge in [0, 0.05) is 0 Å². The van der Waals surface area contributed by atoms with Crippen molar-refractivity contribution in [2.24, 2.45) is 0 Å². The van der Waals surface area contributed by atoms with E-state index in [2.05, 4.69) is 0 Å². The summed E-state index contributed by atoms with van der Waals surface area (Å²) >= 11 is 5.05. The van der Waals surface area contributed by atoms with E-state index in [-0.39, 0.29) is 5.82 Å². The summed E-state index contributed by atoms with van der Waals surface area (Å²) < 4.78 is 12.5. The van der Waals surface area contributed by atoms with Gasteiger partial charge in [-0.05, 0) is 35.4 Å². The van der Waals surface area contributed by atoms with Crippen LogP contribution < -0.4 is 0 Å². The van der Waals surface area contributed by atoms with E-state index in [1.54, 1.807) is 12.1 Å². The third kappa shape index (κ3) is 2.84. The Morgan fingerprint density at radius 1 is 1.50 bits per heavy atom. The highest BCUT2D eigenvalue weighted by Crippen LogP contribution is 2.05. The zero-order valence-electron chi connectivity index (χ0n) is 6.13. The van der Waals surface area contributed by atoms with Gasteiger partial charge in [0.05, 0.1) is 0 Å². The van der Waals surface area contributed by atoms with E-state index < -0.39 is 5.24 Å². The van der Waals surface area contributed by atoms with Gasteiger partial charge in [-0.2, -0.15) is 0 Å². The summed E-state index contributed by atoms with van der Waals surface area (Å²) in [7, 11) is 0. The summed E-state index contributed by atoms with van der Waals surface area (Å²) in [6, 6.07) is 5.89. The van der Waals surface area contributed by atoms with Crippen molar-refractivity contribution in [2.75, 3.05) is 0 Å². The molecule has 0 spiro atoms. The molecular formula is C9H6ClFO. The molecule has 1 aromatic carbocycles. The van der Waals surface area contributed by atoms with Gasteiger partial charge in [0.25, 0.3) is 0 Å². The molecule has 0 aromatic heterocycles. The summed E-state index contributed by atoms with van der Waals surface area (Å²) in [6.07, 6.45) is 2.63. The first-order valence-corrected chi connectivity index (χ1v) is 3.69. The molecule has 12 heavy (non-hydrogen) atoms. The SMILES string of the molecule is O=C(Cl)/C=C/c1cccc(F)c1. The predicted molar refractivity (Wildman–Crippen MR) is 46.3 cm³/mol. The van der Waals surface area contributed by atoms with Gasteiger partial charge in [-0.1, -0.05) is 18.2 Å². The smallest absolute Gasteiger partial charge is 0.245 e. The van der Waals surface area contributed by atoms with Gasteiger partial charge in [-0.25, -0.2) is 4.39 Å². The van der Waals surface area contributed by atoms with E-state index in [0.717, 1.165) is 0 Å². The third-order valence-electron chi connectivity index (χ3n) is 1.26. The maximum Gasteiger partial charge on any atom is 0.245 e. The van der Waals surface area contributed by atoms with Gasteiger partial charge in [0.1, 0.15) is 5.82 Å². The molecule has 1 rings (SSSR count). The number of benzene rings is 1. The van der Waals surface area contributed by atoms with Crippen LogP contribution in [-0.4, -0.2) is 5.24 Å². The van der Waals surface area contributed by atoms with Gasteiger partial charge in [-0.3, -0.25) is 4.79 Å². The largest absolute Gasteiger partial charge is 0.276 e. The topological polar surface area (TPSA) is 17.1 Å². The Balaban J connectivity index is 2.83. The number of rotatable bonds is 2. The lowest BCUT2D eigenvalue weighted by Gasteiger charge is -1.90. The van der Waals surface area contributed by atoms with Crippen LogP contribution in [0, 0.1) is 5.82 Å². The summed E-state index contributed by atoms with van der Waals surface area (Å²) in [5.74, 6) is -0.334. The second-order valence-corrected chi connectivity index (χ2v) is 2.56. The molecule has 62 valence electrons. The third-order valence-corrected chi connectivity index (χ3v) is 1.38. The molecule has 0 saturated heterocycles. The van der Waals surface area contributed by atoms with Crippen LogP contribution in [0.2, 0.25) is 0 Å². The highest BCUT2D eigenvalue weighted by atomic mass is 35.5. The summed E-state index contributed by atoms with van der Waals surface area (Å²) in [5, 5.41) is -0.570. The van der Waals surface area contributed by atoms with E-state index in [1.807, 2.05) is 0 Å². The number of allylic oxidation sites excluding steroid dienone is 1. The first-order valence-electron chi connectivity index (χ1n) is 3.31. The van der Waals surface area contributed by atoms with Crippen LogP contribution in [0.5, 0.6) is 0 Å². The van der Waals surface area contributed by atoms with Crippen LogP contribution in [0.4, 0.5) is 4.39 Å². The molecule has 0 unspecified atom stereocenters. The Kier molecular flexibility index (Phi) is 3.00. The Bertz CT molecular complexity index is 320. The van der Waals surface area contributed by atoms with E-state index in [4.69, 9.17) is 11.6 Å². The van der Waals surface area contributed by atoms with Gasteiger partial charge in [0.2, 0.25) is 5.24 Å². The molecule has 3 heteroatoms.